The van der Waals surface area contributed by atoms with E-state index in [-0.39, 0.29) is 24.8 Å². The van der Waals surface area contributed by atoms with Crippen LogP contribution in [-0.4, -0.2) is 31.7 Å². The van der Waals surface area contributed by atoms with Gasteiger partial charge in [0.05, 0.1) is 13.2 Å². The average molecular weight is 288 g/mol. The van der Waals surface area contributed by atoms with Crippen molar-refractivity contribution < 1.29 is 13.9 Å². The van der Waals surface area contributed by atoms with Crippen LogP contribution in [0.5, 0.6) is 0 Å². The maximum Gasteiger partial charge on any atom is 0.376 e. The Morgan fingerprint density at radius 1 is 1.38 bits per heavy atom. The molecule has 3 aromatic rings. The molecule has 1 aromatic carbocycles. The zero-order chi connectivity index (χ0) is 14.8. The minimum atomic E-state index is -0.534. The van der Waals surface area contributed by atoms with Crippen LogP contribution < -0.4 is 0 Å². The van der Waals surface area contributed by atoms with Gasteiger partial charge in [-0.05, 0) is 13.0 Å². The highest BCUT2D eigenvalue weighted by Crippen LogP contribution is 2.12. The maximum absolute atomic E-state index is 13.7. The quantitative estimate of drug-likeness (QED) is 0.688. The van der Waals surface area contributed by atoms with Crippen molar-refractivity contribution in [2.45, 2.75) is 13.5 Å². The minimum Gasteiger partial charge on any atom is -0.460 e. The van der Waals surface area contributed by atoms with E-state index >= 15 is 0 Å². The molecule has 0 N–H and O–H groups in total. The number of carbonyl (C=O) groups excluding carboxylic acids is 1. The molecule has 0 amide bonds. The molecule has 7 heteroatoms. The Morgan fingerprint density at radius 3 is 2.95 bits per heavy atom. The van der Waals surface area contributed by atoms with Crippen LogP contribution in [0, 0.1) is 5.82 Å². The third kappa shape index (κ3) is 2.37. The van der Waals surface area contributed by atoms with Gasteiger partial charge in [0.1, 0.15) is 5.82 Å². The van der Waals surface area contributed by atoms with E-state index in [0.717, 1.165) is 0 Å². The van der Waals surface area contributed by atoms with E-state index in [4.69, 9.17) is 4.74 Å². The van der Waals surface area contributed by atoms with Gasteiger partial charge in [-0.2, -0.15) is 0 Å². The second kappa shape index (κ2) is 5.35. The van der Waals surface area contributed by atoms with Crippen molar-refractivity contribution in [2.24, 2.45) is 0 Å². The molecule has 0 saturated heterocycles. The molecule has 0 bridgehead atoms. The van der Waals surface area contributed by atoms with Crippen LogP contribution in [0.3, 0.4) is 0 Å². The summed E-state index contributed by atoms with van der Waals surface area (Å²) in [5.41, 5.74) is 0.473. The second-order valence-corrected chi connectivity index (χ2v) is 4.39. The average Bonchev–Trinajstić information content (AvgIpc) is 3.05. The van der Waals surface area contributed by atoms with E-state index < -0.39 is 5.97 Å². The molecule has 0 spiro atoms. The summed E-state index contributed by atoms with van der Waals surface area (Å²) >= 11 is 0. The van der Waals surface area contributed by atoms with E-state index in [9.17, 15) is 9.18 Å². The lowest BCUT2D eigenvalue weighted by Crippen LogP contribution is -2.10. The number of halogens is 1. The van der Waals surface area contributed by atoms with Gasteiger partial charge in [0, 0.05) is 18.0 Å². The highest BCUT2D eigenvalue weighted by molar-refractivity contribution is 5.86. The van der Waals surface area contributed by atoms with Crippen LogP contribution in [0.4, 0.5) is 4.39 Å². The monoisotopic (exact) mass is 288 g/mol. The van der Waals surface area contributed by atoms with Crippen molar-refractivity contribution in [3.8, 4) is 0 Å². The smallest absolute Gasteiger partial charge is 0.376 e. The summed E-state index contributed by atoms with van der Waals surface area (Å²) in [5.74, 6) is -0.273. The van der Waals surface area contributed by atoms with Gasteiger partial charge >= 0.3 is 5.97 Å². The van der Waals surface area contributed by atoms with Gasteiger partial charge in [-0.15, -0.1) is 5.10 Å². The normalized spacial score (nSPS) is 11.0. The van der Waals surface area contributed by atoms with Gasteiger partial charge in [-0.3, -0.25) is 4.40 Å². The number of fused-ring (bicyclic) bond motifs is 1. The first-order valence-corrected chi connectivity index (χ1v) is 6.51. The van der Waals surface area contributed by atoms with Crippen molar-refractivity contribution in [1.82, 2.24) is 19.2 Å². The number of aromatic nitrogens is 4. The summed E-state index contributed by atoms with van der Waals surface area (Å²) < 4.78 is 21.7. The van der Waals surface area contributed by atoms with Crippen molar-refractivity contribution in [3.63, 3.8) is 0 Å². The third-order valence-electron chi connectivity index (χ3n) is 3.03. The highest BCUT2D eigenvalue weighted by atomic mass is 19.1. The Kier molecular flexibility index (Phi) is 3.39. The van der Waals surface area contributed by atoms with Crippen LogP contribution >= 0.6 is 0 Å². The number of rotatable bonds is 4. The SMILES string of the molecule is CCOC(=O)c1nn(Cc2ccccc2F)c2nccn12. The number of imidazole rings is 1. The topological polar surface area (TPSA) is 61.4 Å². The molecular formula is C14H13FN4O2. The standard InChI is InChI=1S/C14H13FN4O2/c1-2-21-13(20)12-17-19(14-16-7-8-18(12)14)9-10-5-3-4-6-11(10)15/h3-8H,2,9H2,1H3. The Labute approximate surface area is 119 Å². The van der Waals surface area contributed by atoms with Crippen molar-refractivity contribution in [2.75, 3.05) is 6.61 Å². The largest absolute Gasteiger partial charge is 0.460 e. The van der Waals surface area contributed by atoms with Crippen molar-refractivity contribution in [1.29, 1.82) is 0 Å². The summed E-state index contributed by atoms with van der Waals surface area (Å²) in [4.78, 5) is 16.0. The first-order chi connectivity index (χ1) is 10.2. The zero-order valence-electron chi connectivity index (χ0n) is 11.4. The molecule has 0 atom stereocenters. The number of esters is 1. The Bertz CT molecular complexity index is 793. The molecule has 21 heavy (non-hydrogen) atoms. The Hall–Kier alpha value is -2.70. The minimum absolute atomic E-state index is 0.126. The molecule has 108 valence electrons. The van der Waals surface area contributed by atoms with Crippen LogP contribution in [-0.2, 0) is 11.3 Å². The number of benzene rings is 1. The van der Waals surface area contributed by atoms with Gasteiger partial charge in [0.2, 0.25) is 11.6 Å². The molecule has 0 radical (unpaired) electrons. The fourth-order valence-electron chi connectivity index (χ4n) is 2.09. The summed E-state index contributed by atoms with van der Waals surface area (Å²) in [6.07, 6.45) is 3.17. The van der Waals surface area contributed by atoms with Crippen LogP contribution in [0.15, 0.2) is 36.7 Å². The van der Waals surface area contributed by atoms with E-state index in [1.54, 1.807) is 37.5 Å². The molecule has 0 unspecified atom stereocenters. The third-order valence-corrected chi connectivity index (χ3v) is 3.03. The van der Waals surface area contributed by atoms with E-state index in [2.05, 4.69) is 10.1 Å². The first kappa shape index (κ1) is 13.3. The number of carbonyl (C=O) groups is 1. The van der Waals surface area contributed by atoms with Crippen molar-refractivity contribution >= 4 is 11.7 Å². The van der Waals surface area contributed by atoms with Crippen molar-refractivity contribution in [3.05, 3.63) is 53.9 Å². The molecule has 0 aliphatic rings. The number of ether oxygens (including phenoxy) is 1. The number of nitrogens with zero attached hydrogens (tertiary/aromatic N) is 4. The Morgan fingerprint density at radius 2 is 2.19 bits per heavy atom. The van der Waals surface area contributed by atoms with Crippen LogP contribution in [0.1, 0.15) is 23.1 Å². The van der Waals surface area contributed by atoms with Gasteiger partial charge < -0.3 is 4.74 Å². The molecule has 0 aliphatic heterocycles. The maximum atomic E-state index is 13.7. The molecule has 6 nitrogen and oxygen atoms in total. The lowest BCUT2D eigenvalue weighted by molar-refractivity contribution is 0.0509. The zero-order valence-corrected chi connectivity index (χ0v) is 11.4. The lowest BCUT2D eigenvalue weighted by atomic mass is 10.2. The fraction of sp³-hybridized carbons (Fsp3) is 0.214. The molecule has 0 saturated carbocycles. The fourth-order valence-corrected chi connectivity index (χ4v) is 2.09. The number of hydrogen-bond donors (Lipinski definition) is 0. The van der Waals surface area contributed by atoms with Crippen LogP contribution in [0.2, 0.25) is 0 Å². The van der Waals surface area contributed by atoms with Gasteiger partial charge in [0.15, 0.2) is 0 Å². The lowest BCUT2D eigenvalue weighted by Gasteiger charge is -2.02. The van der Waals surface area contributed by atoms with E-state index in [1.807, 2.05) is 0 Å². The van der Waals surface area contributed by atoms with E-state index in [1.165, 1.54) is 15.1 Å². The summed E-state index contributed by atoms with van der Waals surface area (Å²) in [6.45, 7) is 2.17. The molecule has 2 heterocycles. The second-order valence-electron chi connectivity index (χ2n) is 4.39. The van der Waals surface area contributed by atoms with E-state index in [0.29, 0.717) is 11.3 Å². The molecule has 0 fully saturated rings. The molecule has 2 aromatic heterocycles. The first-order valence-electron chi connectivity index (χ1n) is 6.51. The van der Waals surface area contributed by atoms with Gasteiger partial charge in [-0.25, -0.2) is 18.9 Å². The molecular weight excluding hydrogens is 275 g/mol. The number of hydrogen-bond acceptors (Lipinski definition) is 4. The highest BCUT2D eigenvalue weighted by Gasteiger charge is 2.19. The molecule has 3 rings (SSSR count). The van der Waals surface area contributed by atoms with Crippen LogP contribution in [0.25, 0.3) is 5.78 Å². The summed E-state index contributed by atoms with van der Waals surface area (Å²) in [6, 6.07) is 6.42. The summed E-state index contributed by atoms with van der Waals surface area (Å²) in [5, 5.41) is 4.18. The van der Waals surface area contributed by atoms with Gasteiger partial charge in [-0.1, -0.05) is 18.2 Å². The predicted molar refractivity (Wildman–Crippen MR) is 72.4 cm³/mol. The van der Waals surface area contributed by atoms with Gasteiger partial charge in [0.25, 0.3) is 0 Å². The summed E-state index contributed by atoms with van der Waals surface area (Å²) in [7, 11) is 0. The Balaban J connectivity index is 2.02. The predicted octanol–water partition coefficient (Wildman–Crippen LogP) is 1.89. The molecule has 0 aliphatic carbocycles.